The molecule has 1 aliphatic rings. The Bertz CT molecular complexity index is 1220. The van der Waals surface area contributed by atoms with Crippen molar-refractivity contribution in [2.75, 3.05) is 13.1 Å². The molecule has 156 valence electrons. The zero-order valence-corrected chi connectivity index (χ0v) is 17.1. The summed E-state index contributed by atoms with van der Waals surface area (Å²) < 4.78 is 2.49. The Labute approximate surface area is 173 Å². The van der Waals surface area contributed by atoms with Gasteiger partial charge in [-0.25, -0.2) is 9.78 Å². The highest BCUT2D eigenvalue weighted by Gasteiger charge is 2.30. The summed E-state index contributed by atoms with van der Waals surface area (Å²) in [5, 5.41) is 0.439. The van der Waals surface area contributed by atoms with Crippen LogP contribution in [-0.4, -0.2) is 38.0 Å². The Morgan fingerprint density at radius 2 is 1.87 bits per heavy atom. The number of benzene rings is 1. The van der Waals surface area contributed by atoms with Crippen LogP contribution in [0.3, 0.4) is 0 Å². The summed E-state index contributed by atoms with van der Waals surface area (Å²) in [6, 6.07) is 10.4. The second-order valence-corrected chi connectivity index (χ2v) is 7.82. The number of nitrogens with zero attached hydrogens (tertiary/aromatic N) is 4. The maximum Gasteiger partial charge on any atom is 0.332 e. The molecule has 3 heterocycles. The highest BCUT2D eigenvalue weighted by Crippen LogP contribution is 2.30. The summed E-state index contributed by atoms with van der Waals surface area (Å²) in [7, 11) is 3.08. The molecule has 0 unspecified atom stereocenters. The van der Waals surface area contributed by atoms with Crippen molar-refractivity contribution in [2.45, 2.75) is 24.8 Å². The predicted molar refractivity (Wildman–Crippen MR) is 114 cm³/mol. The van der Waals surface area contributed by atoms with Crippen LogP contribution >= 0.6 is 0 Å². The molecule has 0 saturated carbocycles. The third kappa shape index (κ3) is 3.33. The highest BCUT2D eigenvalue weighted by atomic mass is 16.2. The van der Waals surface area contributed by atoms with Crippen LogP contribution < -0.4 is 17.0 Å². The summed E-state index contributed by atoms with van der Waals surface area (Å²) >= 11 is 0. The maximum atomic E-state index is 13.0. The number of likely N-dealkylation sites (tertiary alicyclic amines) is 1. The van der Waals surface area contributed by atoms with E-state index in [9.17, 15) is 14.4 Å². The number of hydrogen-bond donors (Lipinski definition) is 1. The number of amides is 1. The van der Waals surface area contributed by atoms with Crippen LogP contribution in [0.2, 0.25) is 0 Å². The fraction of sp³-hybridized carbons (Fsp3) is 0.364. The van der Waals surface area contributed by atoms with E-state index >= 15 is 0 Å². The fourth-order valence-electron chi connectivity index (χ4n) is 4.28. The predicted octanol–water partition coefficient (Wildman–Crippen LogP) is 1.04. The molecular formula is C22H25N5O3. The van der Waals surface area contributed by atoms with E-state index in [2.05, 4.69) is 4.98 Å². The van der Waals surface area contributed by atoms with Gasteiger partial charge in [-0.05, 0) is 30.0 Å². The summed E-state index contributed by atoms with van der Waals surface area (Å²) in [6.07, 6.45) is 3.27. The molecule has 8 heteroatoms. The van der Waals surface area contributed by atoms with Crippen LogP contribution in [0.15, 0.2) is 52.2 Å². The van der Waals surface area contributed by atoms with Crippen molar-refractivity contribution in [3.8, 4) is 0 Å². The first-order valence-electron chi connectivity index (χ1n) is 10.0. The quantitative estimate of drug-likeness (QED) is 0.699. The van der Waals surface area contributed by atoms with E-state index in [1.807, 2.05) is 36.4 Å². The number of rotatable bonds is 3. The zero-order chi connectivity index (χ0) is 21.4. The van der Waals surface area contributed by atoms with Crippen LogP contribution in [0.25, 0.3) is 11.0 Å². The lowest BCUT2D eigenvalue weighted by Gasteiger charge is -2.35. The third-order valence-corrected chi connectivity index (χ3v) is 5.97. The van der Waals surface area contributed by atoms with Crippen molar-refractivity contribution in [3.05, 3.63) is 74.6 Å². The van der Waals surface area contributed by atoms with E-state index < -0.39 is 11.7 Å². The van der Waals surface area contributed by atoms with Crippen LogP contribution in [0, 0.1) is 0 Å². The fourth-order valence-corrected chi connectivity index (χ4v) is 4.28. The number of piperidine rings is 1. The van der Waals surface area contributed by atoms with Crippen molar-refractivity contribution in [1.29, 1.82) is 0 Å². The minimum atomic E-state index is -0.715. The second kappa shape index (κ2) is 7.87. The van der Waals surface area contributed by atoms with E-state index in [-0.39, 0.29) is 17.4 Å². The van der Waals surface area contributed by atoms with Gasteiger partial charge in [-0.3, -0.25) is 18.7 Å². The van der Waals surface area contributed by atoms with E-state index in [0.717, 1.165) is 28.5 Å². The first kappa shape index (κ1) is 20.0. The average Bonchev–Trinajstić information content (AvgIpc) is 2.80. The first-order chi connectivity index (χ1) is 14.4. The van der Waals surface area contributed by atoms with E-state index in [0.29, 0.717) is 24.1 Å². The maximum absolute atomic E-state index is 13.0. The molecule has 0 spiro atoms. The topological polar surface area (TPSA) is 103 Å². The van der Waals surface area contributed by atoms with Crippen LogP contribution in [0.5, 0.6) is 0 Å². The van der Waals surface area contributed by atoms with Crippen molar-refractivity contribution in [3.63, 3.8) is 0 Å². The van der Waals surface area contributed by atoms with Gasteiger partial charge >= 0.3 is 5.69 Å². The molecule has 1 aliphatic heterocycles. The van der Waals surface area contributed by atoms with Crippen molar-refractivity contribution >= 4 is 16.9 Å². The van der Waals surface area contributed by atoms with Gasteiger partial charge in [-0.2, -0.15) is 0 Å². The van der Waals surface area contributed by atoms with Crippen LogP contribution in [-0.2, 0) is 18.9 Å². The lowest BCUT2D eigenvalue weighted by molar-refractivity contribution is -0.134. The molecule has 3 aromatic rings. The zero-order valence-electron chi connectivity index (χ0n) is 17.1. The number of carbonyl (C=O) groups is 1. The molecule has 1 fully saturated rings. The summed E-state index contributed by atoms with van der Waals surface area (Å²) in [4.78, 5) is 44.2. The number of fused-ring (bicyclic) bond motifs is 1. The van der Waals surface area contributed by atoms with Gasteiger partial charge in [0.1, 0.15) is 11.7 Å². The lowest BCUT2D eigenvalue weighted by Crippen LogP contribution is -2.44. The van der Waals surface area contributed by atoms with Crippen LogP contribution in [0.4, 0.5) is 0 Å². The number of hydrogen-bond acceptors (Lipinski definition) is 5. The largest absolute Gasteiger partial charge is 0.340 e. The molecule has 1 saturated heterocycles. The average molecular weight is 407 g/mol. The molecule has 4 rings (SSSR count). The van der Waals surface area contributed by atoms with Gasteiger partial charge in [-0.1, -0.05) is 30.3 Å². The van der Waals surface area contributed by atoms with Crippen molar-refractivity contribution < 1.29 is 4.79 Å². The lowest BCUT2D eigenvalue weighted by atomic mass is 9.89. The Morgan fingerprint density at radius 3 is 2.60 bits per heavy atom. The van der Waals surface area contributed by atoms with Crippen LogP contribution in [0.1, 0.15) is 35.9 Å². The molecule has 8 nitrogen and oxygen atoms in total. The van der Waals surface area contributed by atoms with E-state index in [4.69, 9.17) is 5.73 Å². The summed E-state index contributed by atoms with van der Waals surface area (Å²) in [6.45, 7) is 1.11. The first-order valence-corrected chi connectivity index (χ1v) is 10.0. The molecule has 0 radical (unpaired) electrons. The minimum Gasteiger partial charge on any atom is -0.340 e. The normalized spacial score (nSPS) is 17.8. The summed E-state index contributed by atoms with van der Waals surface area (Å²) in [5.41, 5.74) is 7.43. The van der Waals surface area contributed by atoms with Gasteiger partial charge in [0.15, 0.2) is 0 Å². The van der Waals surface area contributed by atoms with E-state index in [1.165, 1.54) is 11.6 Å². The molecule has 1 aromatic carbocycles. The number of carbonyl (C=O) groups excluding carboxylic acids is 1. The molecule has 2 aromatic heterocycles. The molecular weight excluding hydrogens is 382 g/mol. The van der Waals surface area contributed by atoms with Gasteiger partial charge in [0.05, 0.1) is 5.39 Å². The van der Waals surface area contributed by atoms with Gasteiger partial charge < -0.3 is 10.6 Å². The van der Waals surface area contributed by atoms with Gasteiger partial charge in [0, 0.05) is 39.3 Å². The SMILES string of the molecule is Cn1c(=O)c2c([C@H]3CCCN(C(=O)[C@H](N)c4ccccc4)C3)ccnc2n(C)c1=O. The Balaban J connectivity index is 1.69. The highest BCUT2D eigenvalue weighted by molar-refractivity contribution is 5.83. The number of aryl methyl sites for hydroxylation is 1. The van der Waals surface area contributed by atoms with Crippen molar-refractivity contribution in [1.82, 2.24) is 19.0 Å². The minimum absolute atomic E-state index is 0.0265. The summed E-state index contributed by atoms with van der Waals surface area (Å²) in [5.74, 6) is -0.147. The molecule has 2 atom stereocenters. The molecule has 30 heavy (non-hydrogen) atoms. The number of nitrogens with two attached hydrogens (primary N) is 1. The Hall–Kier alpha value is -3.26. The molecule has 2 N–H and O–H groups in total. The van der Waals surface area contributed by atoms with Gasteiger partial charge in [0.25, 0.3) is 5.56 Å². The number of aromatic nitrogens is 3. The molecule has 0 aliphatic carbocycles. The Morgan fingerprint density at radius 1 is 1.13 bits per heavy atom. The second-order valence-electron chi connectivity index (χ2n) is 7.82. The number of pyridine rings is 1. The smallest absolute Gasteiger partial charge is 0.332 e. The van der Waals surface area contributed by atoms with Crippen molar-refractivity contribution in [2.24, 2.45) is 19.8 Å². The molecule has 1 amide bonds. The monoisotopic (exact) mass is 407 g/mol. The van der Waals surface area contributed by atoms with Gasteiger partial charge in [0.2, 0.25) is 5.91 Å². The standard InChI is InChI=1S/C22H25N5O3/c1-25-19-17(20(28)26(2)22(25)30)16(10-11-24-19)15-9-6-12-27(13-15)21(29)18(23)14-7-4-3-5-8-14/h3-5,7-8,10-11,15,18H,6,9,12-13,23H2,1-2H3/t15-,18+/m0/s1. The third-order valence-electron chi connectivity index (χ3n) is 5.97. The van der Waals surface area contributed by atoms with Gasteiger partial charge in [-0.15, -0.1) is 0 Å². The Kier molecular flexibility index (Phi) is 5.26. The van der Waals surface area contributed by atoms with E-state index in [1.54, 1.807) is 18.1 Å². The molecule has 0 bridgehead atoms.